The van der Waals surface area contributed by atoms with Crippen molar-refractivity contribution in [3.8, 4) is 0 Å². The highest BCUT2D eigenvalue weighted by molar-refractivity contribution is 6.14. The molecule has 2 fully saturated rings. The van der Waals surface area contributed by atoms with Crippen molar-refractivity contribution in [1.82, 2.24) is 9.88 Å². The Morgan fingerprint density at radius 1 is 1.16 bits per heavy atom. The third-order valence-electron chi connectivity index (χ3n) is 6.09. The number of amides is 1. The lowest BCUT2D eigenvalue weighted by molar-refractivity contribution is -0.136. The first-order valence-electron chi connectivity index (χ1n) is 9.54. The minimum Gasteiger partial charge on any atom is -0.360 e. The standard InChI is InChI=1S/C21H26N2O2/c1-14-6-4-9-17-21(14)16(13-22-17)19(24)12-20(25)23-11-5-8-15-7-2-3-10-18(15)23/h4,6,9,13,15,18,22H,2-3,5,7-8,10-12H2,1H3. The quantitative estimate of drug-likeness (QED) is 0.672. The molecule has 2 aliphatic rings. The zero-order valence-electron chi connectivity index (χ0n) is 14.9. The number of piperidine rings is 1. The van der Waals surface area contributed by atoms with Gasteiger partial charge in [-0.3, -0.25) is 9.59 Å². The van der Waals surface area contributed by atoms with E-state index in [0.29, 0.717) is 17.5 Å². The number of aromatic nitrogens is 1. The van der Waals surface area contributed by atoms with E-state index in [2.05, 4.69) is 4.98 Å². The Morgan fingerprint density at radius 3 is 2.84 bits per heavy atom. The van der Waals surface area contributed by atoms with Crippen LogP contribution in [0.15, 0.2) is 24.4 Å². The first kappa shape index (κ1) is 16.4. The van der Waals surface area contributed by atoms with Gasteiger partial charge in [-0.2, -0.15) is 0 Å². The van der Waals surface area contributed by atoms with Crippen LogP contribution in [-0.2, 0) is 4.79 Å². The second-order valence-corrected chi connectivity index (χ2v) is 7.64. The van der Waals surface area contributed by atoms with Gasteiger partial charge in [-0.1, -0.05) is 25.0 Å². The fraction of sp³-hybridized carbons (Fsp3) is 0.524. The first-order valence-corrected chi connectivity index (χ1v) is 9.54. The van der Waals surface area contributed by atoms with Crippen molar-refractivity contribution in [3.05, 3.63) is 35.5 Å². The maximum atomic E-state index is 12.9. The molecule has 1 aliphatic carbocycles. The summed E-state index contributed by atoms with van der Waals surface area (Å²) in [6, 6.07) is 6.32. The monoisotopic (exact) mass is 338 g/mol. The Bertz CT molecular complexity index is 805. The largest absolute Gasteiger partial charge is 0.360 e. The Kier molecular flexibility index (Phi) is 4.36. The van der Waals surface area contributed by atoms with Gasteiger partial charge in [0.2, 0.25) is 5.91 Å². The molecule has 1 aromatic carbocycles. The summed E-state index contributed by atoms with van der Waals surface area (Å²) in [6.45, 7) is 2.83. The number of hydrogen-bond donors (Lipinski definition) is 1. The van der Waals surface area contributed by atoms with Crippen LogP contribution >= 0.6 is 0 Å². The van der Waals surface area contributed by atoms with Crippen molar-refractivity contribution < 1.29 is 9.59 Å². The summed E-state index contributed by atoms with van der Waals surface area (Å²) in [4.78, 5) is 30.9. The molecule has 25 heavy (non-hydrogen) atoms. The van der Waals surface area contributed by atoms with Crippen molar-refractivity contribution in [2.75, 3.05) is 6.54 Å². The lowest BCUT2D eigenvalue weighted by Gasteiger charge is -2.44. The molecule has 1 saturated carbocycles. The van der Waals surface area contributed by atoms with E-state index in [-0.39, 0.29) is 18.1 Å². The zero-order valence-corrected chi connectivity index (χ0v) is 14.9. The second kappa shape index (κ2) is 6.66. The second-order valence-electron chi connectivity index (χ2n) is 7.64. The molecule has 0 radical (unpaired) electrons. The molecule has 4 nitrogen and oxygen atoms in total. The number of aromatic amines is 1. The smallest absolute Gasteiger partial charge is 0.230 e. The predicted molar refractivity (Wildman–Crippen MR) is 98.7 cm³/mol. The zero-order chi connectivity index (χ0) is 17.4. The SMILES string of the molecule is Cc1cccc2[nH]cc(C(=O)CC(=O)N3CCCC4CCCCC43)c12. The molecule has 1 aliphatic heterocycles. The molecule has 0 spiro atoms. The number of hydrogen-bond acceptors (Lipinski definition) is 2. The highest BCUT2D eigenvalue weighted by Crippen LogP contribution is 2.35. The number of benzene rings is 1. The number of carbonyl (C=O) groups excluding carboxylic acids is 2. The summed E-state index contributed by atoms with van der Waals surface area (Å²) in [5.41, 5.74) is 2.68. The summed E-state index contributed by atoms with van der Waals surface area (Å²) in [5, 5.41) is 0.953. The normalized spacial score (nSPS) is 23.5. The third-order valence-corrected chi connectivity index (χ3v) is 6.09. The average Bonchev–Trinajstić information content (AvgIpc) is 3.07. The number of Topliss-reactive ketones (excluding diaryl/α,β-unsaturated/α-hetero) is 1. The van der Waals surface area contributed by atoms with Gasteiger partial charge in [-0.25, -0.2) is 0 Å². The van der Waals surface area contributed by atoms with Gasteiger partial charge >= 0.3 is 0 Å². The number of fused-ring (bicyclic) bond motifs is 2. The fourth-order valence-corrected chi connectivity index (χ4v) is 4.86. The average molecular weight is 338 g/mol. The van der Waals surface area contributed by atoms with E-state index in [9.17, 15) is 9.59 Å². The van der Waals surface area contributed by atoms with Crippen LogP contribution in [0.2, 0.25) is 0 Å². The van der Waals surface area contributed by atoms with Crippen LogP contribution in [0.1, 0.15) is 60.9 Å². The minimum atomic E-state index is -0.0662. The highest BCUT2D eigenvalue weighted by Gasteiger charge is 2.36. The lowest BCUT2D eigenvalue weighted by Crippen LogP contribution is -2.50. The number of ketones is 1. The van der Waals surface area contributed by atoms with Crippen LogP contribution in [0.25, 0.3) is 10.9 Å². The van der Waals surface area contributed by atoms with Gasteiger partial charge in [-0.05, 0) is 50.2 Å². The molecule has 2 aromatic rings. The van der Waals surface area contributed by atoms with Crippen LogP contribution in [0.5, 0.6) is 0 Å². The molecule has 4 heteroatoms. The summed E-state index contributed by atoms with van der Waals surface area (Å²) in [5.74, 6) is 0.602. The Hall–Kier alpha value is -2.10. The maximum absolute atomic E-state index is 12.9. The van der Waals surface area contributed by atoms with Gasteiger partial charge in [0.15, 0.2) is 5.78 Å². The number of nitrogens with one attached hydrogen (secondary N) is 1. The summed E-state index contributed by atoms with van der Waals surface area (Å²) < 4.78 is 0. The minimum absolute atomic E-state index is 0.00942. The van der Waals surface area contributed by atoms with Crippen LogP contribution in [-0.4, -0.2) is 34.2 Å². The Morgan fingerprint density at radius 2 is 1.96 bits per heavy atom. The van der Waals surface area contributed by atoms with Crippen molar-refractivity contribution in [2.45, 2.75) is 57.9 Å². The Labute approximate surface area is 148 Å². The summed E-state index contributed by atoms with van der Waals surface area (Å²) in [6.07, 6.45) is 8.91. The van der Waals surface area contributed by atoms with Crippen LogP contribution in [0.3, 0.4) is 0 Å². The van der Waals surface area contributed by atoms with E-state index in [1.807, 2.05) is 30.0 Å². The molecule has 2 unspecified atom stereocenters. The summed E-state index contributed by atoms with van der Waals surface area (Å²) in [7, 11) is 0. The van der Waals surface area contributed by atoms with Gasteiger partial charge < -0.3 is 9.88 Å². The van der Waals surface area contributed by atoms with E-state index in [0.717, 1.165) is 35.9 Å². The van der Waals surface area contributed by atoms with Gasteiger partial charge in [0.1, 0.15) is 0 Å². The number of H-pyrrole nitrogens is 1. The van der Waals surface area contributed by atoms with Gasteiger partial charge in [0.25, 0.3) is 0 Å². The van der Waals surface area contributed by atoms with Crippen LogP contribution in [0.4, 0.5) is 0 Å². The van der Waals surface area contributed by atoms with Crippen molar-refractivity contribution >= 4 is 22.6 Å². The molecule has 132 valence electrons. The van der Waals surface area contributed by atoms with E-state index >= 15 is 0 Å². The van der Waals surface area contributed by atoms with E-state index in [4.69, 9.17) is 0 Å². The molecule has 0 bridgehead atoms. The number of likely N-dealkylation sites (tertiary alicyclic amines) is 1. The van der Waals surface area contributed by atoms with E-state index < -0.39 is 0 Å². The molecular formula is C21H26N2O2. The van der Waals surface area contributed by atoms with E-state index in [1.54, 1.807) is 6.20 Å². The number of carbonyl (C=O) groups is 2. The lowest BCUT2D eigenvalue weighted by atomic mass is 9.78. The molecule has 1 amide bonds. The number of aryl methyl sites for hydroxylation is 1. The first-order chi connectivity index (χ1) is 12.1. The maximum Gasteiger partial charge on any atom is 0.230 e. The molecular weight excluding hydrogens is 312 g/mol. The Balaban J connectivity index is 1.52. The molecule has 2 heterocycles. The van der Waals surface area contributed by atoms with Gasteiger partial charge in [0.05, 0.1) is 6.42 Å². The van der Waals surface area contributed by atoms with Gasteiger partial charge in [-0.15, -0.1) is 0 Å². The number of nitrogens with zero attached hydrogens (tertiary/aromatic N) is 1. The molecule has 1 N–H and O–H groups in total. The fourth-order valence-electron chi connectivity index (χ4n) is 4.86. The van der Waals surface area contributed by atoms with Crippen molar-refractivity contribution in [3.63, 3.8) is 0 Å². The van der Waals surface area contributed by atoms with Crippen molar-refractivity contribution in [1.29, 1.82) is 0 Å². The van der Waals surface area contributed by atoms with E-state index in [1.165, 1.54) is 25.7 Å². The van der Waals surface area contributed by atoms with Crippen molar-refractivity contribution in [2.24, 2.45) is 5.92 Å². The molecule has 1 aromatic heterocycles. The van der Waals surface area contributed by atoms with Crippen LogP contribution < -0.4 is 0 Å². The highest BCUT2D eigenvalue weighted by atomic mass is 16.2. The molecule has 2 atom stereocenters. The van der Waals surface area contributed by atoms with Crippen LogP contribution in [0, 0.1) is 12.8 Å². The van der Waals surface area contributed by atoms with Gasteiger partial charge in [0, 0.05) is 35.2 Å². The topological polar surface area (TPSA) is 53.2 Å². The summed E-state index contributed by atoms with van der Waals surface area (Å²) >= 11 is 0. The molecule has 4 rings (SSSR count). The predicted octanol–water partition coefficient (Wildman–Crippen LogP) is 4.23. The molecule has 1 saturated heterocycles. The number of rotatable bonds is 3. The third kappa shape index (κ3) is 2.99.